The van der Waals surface area contributed by atoms with Crippen LogP contribution in [-0.2, 0) is 10.2 Å². The normalized spacial score (nSPS) is 20.6. The first-order valence-corrected chi connectivity index (χ1v) is 4.92. The van der Waals surface area contributed by atoms with Crippen LogP contribution in [0.1, 0.15) is 18.5 Å². The van der Waals surface area contributed by atoms with Gasteiger partial charge in [-0.1, -0.05) is 0 Å². The Kier molecular flexibility index (Phi) is 2.74. The third-order valence-electron chi connectivity index (χ3n) is 2.95. The summed E-state index contributed by atoms with van der Waals surface area (Å²) in [6.45, 7) is 2.16. The van der Waals surface area contributed by atoms with Crippen molar-refractivity contribution in [3.05, 3.63) is 24.3 Å². The summed E-state index contributed by atoms with van der Waals surface area (Å²) in [7, 11) is 0. The van der Waals surface area contributed by atoms with Crippen LogP contribution in [0.2, 0.25) is 0 Å². The summed E-state index contributed by atoms with van der Waals surface area (Å²) in [6.07, 6.45) is 7.12. The molecule has 1 aromatic rings. The first-order chi connectivity index (χ1) is 6.87. The lowest BCUT2D eigenvalue weighted by Gasteiger charge is -2.35. The summed E-state index contributed by atoms with van der Waals surface area (Å²) >= 11 is 0. The van der Waals surface area contributed by atoms with Crippen molar-refractivity contribution in [2.75, 3.05) is 19.8 Å². The maximum Gasteiger partial charge on any atom is 0.0662 e. The number of nitrogens with two attached hydrogens (primary N) is 1. The van der Waals surface area contributed by atoms with Gasteiger partial charge in [0.1, 0.15) is 0 Å². The molecule has 1 fully saturated rings. The van der Waals surface area contributed by atoms with E-state index < -0.39 is 0 Å². The van der Waals surface area contributed by atoms with Crippen molar-refractivity contribution in [1.29, 1.82) is 0 Å². The maximum atomic E-state index is 5.85. The van der Waals surface area contributed by atoms with Crippen molar-refractivity contribution in [1.82, 2.24) is 9.97 Å². The lowest BCUT2D eigenvalue weighted by atomic mass is 9.77. The van der Waals surface area contributed by atoms with Crippen LogP contribution in [0.5, 0.6) is 0 Å². The largest absolute Gasteiger partial charge is 0.381 e. The van der Waals surface area contributed by atoms with E-state index in [0.717, 1.165) is 31.7 Å². The van der Waals surface area contributed by atoms with Gasteiger partial charge in [-0.2, -0.15) is 0 Å². The van der Waals surface area contributed by atoms with Crippen LogP contribution < -0.4 is 5.73 Å². The van der Waals surface area contributed by atoms with Crippen molar-refractivity contribution in [2.24, 2.45) is 5.73 Å². The Morgan fingerprint density at radius 1 is 1.36 bits per heavy atom. The lowest BCUT2D eigenvalue weighted by Crippen LogP contribution is -2.41. The summed E-state index contributed by atoms with van der Waals surface area (Å²) in [6, 6.07) is 0. The van der Waals surface area contributed by atoms with Gasteiger partial charge in [-0.3, -0.25) is 9.97 Å². The zero-order chi connectivity index (χ0) is 9.86. The number of hydrogen-bond donors (Lipinski definition) is 1. The fourth-order valence-corrected chi connectivity index (χ4v) is 1.90. The first-order valence-electron chi connectivity index (χ1n) is 4.92. The highest BCUT2D eigenvalue weighted by Crippen LogP contribution is 2.31. The van der Waals surface area contributed by atoms with Gasteiger partial charge in [0.25, 0.3) is 0 Å². The Hall–Kier alpha value is -1.00. The number of hydrogen-bond acceptors (Lipinski definition) is 4. The molecule has 4 heteroatoms. The van der Waals surface area contributed by atoms with Crippen LogP contribution in [0.15, 0.2) is 18.6 Å². The van der Waals surface area contributed by atoms with Gasteiger partial charge in [0, 0.05) is 43.8 Å². The smallest absolute Gasteiger partial charge is 0.0662 e. The highest BCUT2D eigenvalue weighted by atomic mass is 16.5. The predicted molar refractivity (Wildman–Crippen MR) is 52.8 cm³/mol. The van der Waals surface area contributed by atoms with Crippen molar-refractivity contribution in [3.8, 4) is 0 Å². The fraction of sp³-hybridized carbons (Fsp3) is 0.600. The van der Waals surface area contributed by atoms with E-state index in [4.69, 9.17) is 10.5 Å². The monoisotopic (exact) mass is 193 g/mol. The highest BCUT2D eigenvalue weighted by Gasteiger charge is 2.34. The molecule has 0 spiro atoms. The van der Waals surface area contributed by atoms with Crippen molar-refractivity contribution >= 4 is 0 Å². The summed E-state index contributed by atoms with van der Waals surface area (Å²) in [4.78, 5) is 8.44. The Morgan fingerprint density at radius 2 is 2.14 bits per heavy atom. The van der Waals surface area contributed by atoms with Crippen LogP contribution in [0, 0.1) is 0 Å². The van der Waals surface area contributed by atoms with Gasteiger partial charge in [-0.05, 0) is 12.8 Å². The molecule has 1 saturated heterocycles. The minimum atomic E-state index is -0.00743. The molecule has 0 saturated carbocycles. The molecule has 1 aromatic heterocycles. The second kappa shape index (κ2) is 4.02. The average molecular weight is 193 g/mol. The molecule has 76 valence electrons. The summed E-state index contributed by atoms with van der Waals surface area (Å²) in [5.74, 6) is 0. The molecule has 1 aliphatic heterocycles. The molecule has 0 aliphatic carbocycles. The van der Waals surface area contributed by atoms with E-state index in [-0.39, 0.29) is 5.41 Å². The van der Waals surface area contributed by atoms with Crippen molar-refractivity contribution < 1.29 is 4.74 Å². The Morgan fingerprint density at radius 3 is 2.71 bits per heavy atom. The van der Waals surface area contributed by atoms with Crippen LogP contribution in [0.3, 0.4) is 0 Å². The second-order valence-corrected chi connectivity index (χ2v) is 3.69. The van der Waals surface area contributed by atoms with Gasteiger partial charge in [-0.15, -0.1) is 0 Å². The van der Waals surface area contributed by atoms with Gasteiger partial charge >= 0.3 is 0 Å². The van der Waals surface area contributed by atoms with Crippen LogP contribution >= 0.6 is 0 Å². The van der Waals surface area contributed by atoms with E-state index in [1.807, 2.05) is 6.20 Å². The predicted octanol–water partition coefficient (Wildman–Crippen LogP) is 0.483. The molecule has 2 rings (SSSR count). The molecule has 0 atom stereocenters. The molecular formula is C10H15N3O. The number of rotatable bonds is 2. The average Bonchev–Trinajstić information content (AvgIpc) is 2.31. The molecule has 0 amide bonds. The van der Waals surface area contributed by atoms with Gasteiger partial charge in [-0.25, -0.2) is 0 Å². The summed E-state index contributed by atoms with van der Waals surface area (Å²) < 4.78 is 5.34. The molecule has 14 heavy (non-hydrogen) atoms. The minimum Gasteiger partial charge on any atom is -0.381 e. The highest BCUT2D eigenvalue weighted by molar-refractivity contribution is 5.14. The van der Waals surface area contributed by atoms with Crippen molar-refractivity contribution in [2.45, 2.75) is 18.3 Å². The minimum absolute atomic E-state index is 0.00743. The van der Waals surface area contributed by atoms with Crippen LogP contribution in [-0.4, -0.2) is 29.7 Å². The zero-order valence-electron chi connectivity index (χ0n) is 8.15. The molecule has 1 aliphatic rings. The van der Waals surface area contributed by atoms with E-state index in [2.05, 4.69) is 9.97 Å². The van der Waals surface area contributed by atoms with Gasteiger partial charge < -0.3 is 10.5 Å². The quantitative estimate of drug-likeness (QED) is 0.742. The second-order valence-electron chi connectivity index (χ2n) is 3.69. The number of aromatic nitrogens is 2. The van der Waals surface area contributed by atoms with Gasteiger partial charge in [0.05, 0.1) is 5.69 Å². The third kappa shape index (κ3) is 1.63. The lowest BCUT2D eigenvalue weighted by molar-refractivity contribution is 0.0514. The molecular weight excluding hydrogens is 178 g/mol. The van der Waals surface area contributed by atoms with Crippen LogP contribution in [0.4, 0.5) is 0 Å². The Bertz CT molecular complexity index is 283. The molecule has 0 radical (unpaired) electrons. The molecule has 2 heterocycles. The summed E-state index contributed by atoms with van der Waals surface area (Å²) in [5.41, 5.74) is 6.84. The van der Waals surface area contributed by atoms with Gasteiger partial charge in [0.2, 0.25) is 0 Å². The van der Waals surface area contributed by atoms with Crippen molar-refractivity contribution in [3.63, 3.8) is 0 Å². The molecule has 2 N–H and O–H groups in total. The van der Waals surface area contributed by atoms with E-state index in [1.54, 1.807) is 12.4 Å². The van der Waals surface area contributed by atoms with E-state index in [0.29, 0.717) is 6.54 Å². The Labute approximate surface area is 83.5 Å². The van der Waals surface area contributed by atoms with E-state index in [1.165, 1.54) is 0 Å². The zero-order valence-corrected chi connectivity index (χ0v) is 8.15. The van der Waals surface area contributed by atoms with E-state index in [9.17, 15) is 0 Å². The molecule has 0 bridgehead atoms. The van der Waals surface area contributed by atoms with E-state index >= 15 is 0 Å². The molecule has 0 aromatic carbocycles. The number of nitrogens with zero attached hydrogens (tertiary/aromatic N) is 2. The standard InChI is InChI=1S/C10H15N3O/c11-8-10(1-5-14-6-2-10)9-7-12-3-4-13-9/h3-4,7H,1-2,5-6,8,11H2. The molecule has 0 unspecified atom stereocenters. The number of ether oxygens (including phenoxy) is 1. The SMILES string of the molecule is NCC1(c2cnccn2)CCOCC1. The van der Waals surface area contributed by atoms with Crippen LogP contribution in [0.25, 0.3) is 0 Å². The summed E-state index contributed by atoms with van der Waals surface area (Å²) in [5, 5.41) is 0. The molecule has 4 nitrogen and oxygen atoms in total. The first kappa shape index (κ1) is 9.55. The maximum absolute atomic E-state index is 5.85. The fourth-order valence-electron chi connectivity index (χ4n) is 1.90. The topological polar surface area (TPSA) is 61.0 Å². The Balaban J connectivity index is 2.27. The van der Waals surface area contributed by atoms with Gasteiger partial charge in [0.15, 0.2) is 0 Å². The third-order valence-corrected chi connectivity index (χ3v) is 2.95.